The average molecular weight is 495 g/mol. The van der Waals surface area contributed by atoms with Crippen molar-refractivity contribution in [2.45, 2.75) is 31.6 Å². The third-order valence-electron chi connectivity index (χ3n) is 5.35. The van der Waals surface area contributed by atoms with Crippen LogP contribution < -0.4 is 5.32 Å². The number of morpholine rings is 1. The quantitative estimate of drug-likeness (QED) is 0.565. The first-order chi connectivity index (χ1) is 15.8. The monoisotopic (exact) mass is 494 g/mol. The number of hydrogen-bond donors (Lipinski definition) is 1. The largest absolute Gasteiger partial charge is 0.452 e. The summed E-state index contributed by atoms with van der Waals surface area (Å²) in [6, 6.07) is 9.68. The Kier molecular flexibility index (Phi) is 8.47. The van der Waals surface area contributed by atoms with E-state index in [4.69, 9.17) is 21.1 Å². The van der Waals surface area contributed by atoms with Crippen molar-refractivity contribution in [2.75, 3.05) is 38.2 Å². The van der Waals surface area contributed by atoms with Gasteiger partial charge in [-0.05, 0) is 42.2 Å². The summed E-state index contributed by atoms with van der Waals surface area (Å²) < 4.78 is 37.5. The van der Waals surface area contributed by atoms with Gasteiger partial charge in [0.05, 0.1) is 23.8 Å². The van der Waals surface area contributed by atoms with Crippen molar-refractivity contribution in [1.82, 2.24) is 4.31 Å². The Balaban J connectivity index is 1.70. The molecule has 0 spiro atoms. The zero-order valence-corrected chi connectivity index (χ0v) is 20.2. The number of amides is 1. The molecular weight excluding hydrogens is 468 g/mol. The average Bonchev–Trinajstić information content (AvgIpc) is 2.83. The fraction of sp³-hybridized carbons (Fsp3) is 0.391. The SMILES string of the molecule is CCc1cccc(CC)c1NC(=O)COC(=O)c1ccc(Cl)c(S(=O)(=O)N2CCOCC2)c1. The predicted molar refractivity (Wildman–Crippen MR) is 125 cm³/mol. The second-order valence-corrected chi connectivity index (χ2v) is 9.76. The van der Waals surface area contributed by atoms with E-state index in [0.29, 0.717) is 0 Å². The smallest absolute Gasteiger partial charge is 0.338 e. The zero-order chi connectivity index (χ0) is 24.0. The van der Waals surface area contributed by atoms with E-state index in [-0.39, 0.29) is 41.8 Å². The van der Waals surface area contributed by atoms with Gasteiger partial charge in [0.2, 0.25) is 10.0 Å². The molecule has 1 amide bonds. The Morgan fingerprint density at radius 1 is 1.09 bits per heavy atom. The molecule has 1 aliphatic rings. The number of carbonyl (C=O) groups is 2. The van der Waals surface area contributed by atoms with Gasteiger partial charge in [-0.25, -0.2) is 13.2 Å². The number of anilines is 1. The molecule has 0 unspecified atom stereocenters. The molecule has 1 N–H and O–H groups in total. The van der Waals surface area contributed by atoms with Gasteiger partial charge in [-0.2, -0.15) is 4.31 Å². The molecule has 178 valence electrons. The Labute approximate surface area is 198 Å². The normalized spacial score (nSPS) is 14.6. The van der Waals surface area contributed by atoms with Gasteiger partial charge in [-0.3, -0.25) is 4.79 Å². The van der Waals surface area contributed by atoms with Crippen LogP contribution in [0, 0.1) is 0 Å². The summed E-state index contributed by atoms with van der Waals surface area (Å²) >= 11 is 6.13. The van der Waals surface area contributed by atoms with Crippen molar-refractivity contribution in [3.63, 3.8) is 0 Å². The van der Waals surface area contributed by atoms with Crippen molar-refractivity contribution in [3.8, 4) is 0 Å². The third-order valence-corrected chi connectivity index (χ3v) is 7.73. The molecule has 2 aromatic carbocycles. The molecule has 33 heavy (non-hydrogen) atoms. The van der Waals surface area contributed by atoms with Crippen molar-refractivity contribution in [1.29, 1.82) is 0 Å². The van der Waals surface area contributed by atoms with Crippen LogP contribution in [0.2, 0.25) is 5.02 Å². The van der Waals surface area contributed by atoms with E-state index in [1.165, 1.54) is 22.5 Å². The Bertz CT molecular complexity index is 1110. The number of carbonyl (C=O) groups excluding carboxylic acids is 2. The van der Waals surface area contributed by atoms with E-state index in [1.54, 1.807) is 0 Å². The fourth-order valence-electron chi connectivity index (χ4n) is 3.55. The minimum absolute atomic E-state index is 0.000877. The first-order valence-corrected chi connectivity index (χ1v) is 12.5. The van der Waals surface area contributed by atoms with Gasteiger partial charge < -0.3 is 14.8 Å². The lowest BCUT2D eigenvalue weighted by Crippen LogP contribution is -2.40. The van der Waals surface area contributed by atoms with Crippen LogP contribution in [0.1, 0.15) is 35.3 Å². The molecule has 1 fully saturated rings. The van der Waals surface area contributed by atoms with E-state index in [0.717, 1.165) is 29.7 Å². The number of halogens is 1. The van der Waals surface area contributed by atoms with Crippen molar-refractivity contribution >= 4 is 39.2 Å². The molecule has 8 nitrogen and oxygen atoms in total. The molecule has 0 saturated carbocycles. The summed E-state index contributed by atoms with van der Waals surface area (Å²) in [6.07, 6.45) is 1.49. The third kappa shape index (κ3) is 5.92. The van der Waals surface area contributed by atoms with E-state index in [2.05, 4.69) is 5.32 Å². The Hall–Kier alpha value is -2.46. The van der Waals surface area contributed by atoms with Gasteiger partial charge in [-0.15, -0.1) is 0 Å². The van der Waals surface area contributed by atoms with Crippen molar-refractivity contribution in [3.05, 3.63) is 58.1 Å². The molecule has 10 heteroatoms. The van der Waals surface area contributed by atoms with E-state index < -0.39 is 28.5 Å². The van der Waals surface area contributed by atoms with Gasteiger partial charge in [0.1, 0.15) is 4.90 Å². The van der Waals surface area contributed by atoms with E-state index in [9.17, 15) is 18.0 Å². The maximum atomic E-state index is 12.9. The lowest BCUT2D eigenvalue weighted by atomic mass is 10.0. The van der Waals surface area contributed by atoms with Crippen LogP contribution in [0.15, 0.2) is 41.3 Å². The molecular formula is C23H27ClN2O6S. The molecule has 3 rings (SSSR count). The standard InChI is InChI=1S/C23H27ClN2O6S/c1-3-16-6-5-7-17(4-2)22(16)25-21(27)15-32-23(28)18-8-9-19(24)20(14-18)33(29,30)26-10-12-31-13-11-26/h5-9,14H,3-4,10-13,15H2,1-2H3,(H,25,27). The number of esters is 1. The number of ether oxygens (including phenoxy) is 2. The maximum absolute atomic E-state index is 12.9. The first kappa shape index (κ1) is 25.2. The molecule has 0 bridgehead atoms. The lowest BCUT2D eigenvalue weighted by Gasteiger charge is -2.26. The van der Waals surface area contributed by atoms with Crippen LogP contribution in [0.5, 0.6) is 0 Å². The summed E-state index contributed by atoms with van der Waals surface area (Å²) in [5.41, 5.74) is 2.70. The summed E-state index contributed by atoms with van der Waals surface area (Å²) in [5.74, 6) is -1.30. The predicted octanol–water partition coefficient (Wildman–Crippen LogP) is 3.28. The lowest BCUT2D eigenvalue weighted by molar-refractivity contribution is -0.119. The number of aryl methyl sites for hydroxylation is 2. The number of nitrogens with one attached hydrogen (secondary N) is 1. The number of hydrogen-bond acceptors (Lipinski definition) is 6. The van der Waals surface area contributed by atoms with Crippen LogP contribution in [0.3, 0.4) is 0 Å². The minimum atomic E-state index is -3.90. The summed E-state index contributed by atoms with van der Waals surface area (Å²) in [6.45, 7) is 4.46. The van der Waals surface area contributed by atoms with Crippen LogP contribution in [0.25, 0.3) is 0 Å². The number of para-hydroxylation sites is 1. The highest BCUT2D eigenvalue weighted by molar-refractivity contribution is 7.89. The molecule has 1 aliphatic heterocycles. The molecule has 0 radical (unpaired) electrons. The molecule has 1 heterocycles. The van der Waals surface area contributed by atoms with Gasteiger partial charge >= 0.3 is 5.97 Å². The van der Waals surface area contributed by atoms with Gasteiger partial charge in [0, 0.05) is 18.8 Å². The molecule has 0 atom stereocenters. The molecule has 1 saturated heterocycles. The Morgan fingerprint density at radius 2 is 1.73 bits per heavy atom. The number of sulfonamides is 1. The second kappa shape index (κ2) is 11.1. The minimum Gasteiger partial charge on any atom is -0.452 e. The summed E-state index contributed by atoms with van der Waals surface area (Å²) in [5, 5.41) is 2.82. The highest BCUT2D eigenvalue weighted by atomic mass is 35.5. The van der Waals surface area contributed by atoms with Crippen LogP contribution in [-0.4, -0.2) is 57.5 Å². The highest BCUT2D eigenvalue weighted by Crippen LogP contribution is 2.27. The second-order valence-electron chi connectivity index (χ2n) is 7.44. The van der Waals surface area contributed by atoms with E-state index >= 15 is 0 Å². The summed E-state index contributed by atoms with van der Waals surface area (Å²) in [4.78, 5) is 24.8. The van der Waals surface area contributed by atoms with E-state index in [1.807, 2.05) is 32.0 Å². The number of rotatable bonds is 8. The maximum Gasteiger partial charge on any atom is 0.338 e. The summed E-state index contributed by atoms with van der Waals surface area (Å²) in [7, 11) is -3.90. The number of benzene rings is 2. The number of nitrogens with zero attached hydrogens (tertiary/aromatic N) is 1. The highest BCUT2D eigenvalue weighted by Gasteiger charge is 2.29. The van der Waals surface area contributed by atoms with Crippen LogP contribution in [0.4, 0.5) is 5.69 Å². The Morgan fingerprint density at radius 3 is 2.33 bits per heavy atom. The van der Waals surface area contributed by atoms with Crippen molar-refractivity contribution < 1.29 is 27.5 Å². The van der Waals surface area contributed by atoms with Crippen LogP contribution >= 0.6 is 11.6 Å². The fourth-order valence-corrected chi connectivity index (χ4v) is 5.46. The van der Waals surface area contributed by atoms with Crippen LogP contribution in [-0.2, 0) is 37.1 Å². The van der Waals surface area contributed by atoms with Crippen molar-refractivity contribution in [2.24, 2.45) is 0 Å². The first-order valence-electron chi connectivity index (χ1n) is 10.7. The molecule has 0 aliphatic carbocycles. The zero-order valence-electron chi connectivity index (χ0n) is 18.6. The van der Waals surface area contributed by atoms with Gasteiger partial charge in [0.15, 0.2) is 6.61 Å². The van der Waals surface area contributed by atoms with Gasteiger partial charge in [-0.1, -0.05) is 43.6 Å². The molecule has 2 aromatic rings. The topological polar surface area (TPSA) is 102 Å². The van der Waals surface area contributed by atoms with Gasteiger partial charge in [0.25, 0.3) is 5.91 Å². The molecule has 0 aromatic heterocycles.